The lowest BCUT2D eigenvalue weighted by molar-refractivity contribution is -0.131. The van der Waals surface area contributed by atoms with Gasteiger partial charge in [0.05, 0.1) is 6.54 Å². The van der Waals surface area contributed by atoms with Crippen molar-refractivity contribution in [1.29, 1.82) is 0 Å². The van der Waals surface area contributed by atoms with Gasteiger partial charge in [-0.2, -0.15) is 0 Å². The lowest BCUT2D eigenvalue weighted by Gasteiger charge is -2.34. The quantitative estimate of drug-likeness (QED) is 0.554. The number of carbonyl (C=O) groups is 2. The molecule has 1 N–H and O–H groups in total. The van der Waals surface area contributed by atoms with Gasteiger partial charge in [0.2, 0.25) is 5.91 Å². The molecule has 1 rings (SSSR count). The maximum Gasteiger partial charge on any atom is 0.236 e. The number of hydrogen-bond donors (Lipinski definition) is 1. The van der Waals surface area contributed by atoms with Gasteiger partial charge in [0.25, 0.3) is 0 Å². The van der Waals surface area contributed by atoms with Crippen molar-refractivity contribution in [2.24, 2.45) is 5.92 Å². The Morgan fingerprint density at radius 1 is 0.917 bits per heavy atom. The van der Waals surface area contributed by atoms with Crippen molar-refractivity contribution < 1.29 is 9.59 Å². The van der Waals surface area contributed by atoms with E-state index in [2.05, 4.69) is 10.2 Å². The van der Waals surface area contributed by atoms with Crippen molar-refractivity contribution in [2.45, 2.75) is 58.8 Å². The standard InChI is InChI=1S/C19H37N3O2/c1-17(2)18(23)10-8-6-4-5-7-9-11-21-12-14-22(15-13-21)19(24)16-20-3/h17,20H,4-16H2,1-3H3. The van der Waals surface area contributed by atoms with E-state index in [-0.39, 0.29) is 11.8 Å². The molecule has 1 fully saturated rings. The lowest BCUT2D eigenvalue weighted by atomic mass is 10.0. The van der Waals surface area contributed by atoms with Crippen LogP contribution in [0.5, 0.6) is 0 Å². The molecule has 1 aliphatic rings. The number of carbonyl (C=O) groups excluding carboxylic acids is 2. The van der Waals surface area contributed by atoms with E-state index < -0.39 is 0 Å². The summed E-state index contributed by atoms with van der Waals surface area (Å²) in [6.07, 6.45) is 8.04. The van der Waals surface area contributed by atoms with Gasteiger partial charge in [0, 0.05) is 38.5 Å². The number of rotatable bonds is 12. The van der Waals surface area contributed by atoms with Gasteiger partial charge in [-0.15, -0.1) is 0 Å². The van der Waals surface area contributed by atoms with Crippen LogP contribution in [-0.4, -0.2) is 67.8 Å². The zero-order valence-electron chi connectivity index (χ0n) is 16.0. The molecule has 24 heavy (non-hydrogen) atoms. The largest absolute Gasteiger partial charge is 0.339 e. The fourth-order valence-electron chi connectivity index (χ4n) is 3.11. The van der Waals surface area contributed by atoms with Crippen LogP contribution in [0.25, 0.3) is 0 Å². The third kappa shape index (κ3) is 8.78. The molecule has 0 saturated carbocycles. The molecule has 0 bridgehead atoms. The van der Waals surface area contributed by atoms with Crippen molar-refractivity contribution >= 4 is 11.7 Å². The number of unbranched alkanes of at least 4 members (excludes halogenated alkanes) is 5. The predicted octanol–water partition coefficient (Wildman–Crippen LogP) is 2.31. The molecule has 140 valence electrons. The van der Waals surface area contributed by atoms with E-state index in [4.69, 9.17) is 0 Å². The highest BCUT2D eigenvalue weighted by atomic mass is 16.2. The summed E-state index contributed by atoms with van der Waals surface area (Å²) >= 11 is 0. The summed E-state index contributed by atoms with van der Waals surface area (Å²) in [7, 11) is 1.82. The van der Waals surface area contributed by atoms with Crippen molar-refractivity contribution in [1.82, 2.24) is 15.1 Å². The Bertz CT molecular complexity index is 364. The zero-order valence-corrected chi connectivity index (χ0v) is 16.0. The molecule has 1 amide bonds. The lowest BCUT2D eigenvalue weighted by Crippen LogP contribution is -2.50. The highest BCUT2D eigenvalue weighted by Gasteiger charge is 2.19. The zero-order chi connectivity index (χ0) is 17.8. The Labute approximate surface area is 148 Å². The number of amides is 1. The van der Waals surface area contributed by atoms with Crippen LogP contribution in [0.3, 0.4) is 0 Å². The summed E-state index contributed by atoms with van der Waals surface area (Å²) in [5.41, 5.74) is 0. The molecular weight excluding hydrogens is 302 g/mol. The van der Waals surface area contributed by atoms with Gasteiger partial charge in [0.15, 0.2) is 0 Å². The highest BCUT2D eigenvalue weighted by molar-refractivity contribution is 5.80. The Morgan fingerprint density at radius 2 is 1.50 bits per heavy atom. The molecule has 0 spiro atoms. The van der Waals surface area contributed by atoms with Gasteiger partial charge in [-0.3, -0.25) is 14.5 Å². The SMILES string of the molecule is CNCC(=O)N1CCN(CCCCCCCCC(=O)C(C)C)CC1. The first-order chi connectivity index (χ1) is 11.5. The van der Waals surface area contributed by atoms with Gasteiger partial charge >= 0.3 is 0 Å². The fourth-order valence-corrected chi connectivity index (χ4v) is 3.11. The summed E-state index contributed by atoms with van der Waals surface area (Å²) in [5, 5.41) is 2.93. The van der Waals surface area contributed by atoms with Crippen molar-refractivity contribution in [3.8, 4) is 0 Å². The number of hydrogen-bond acceptors (Lipinski definition) is 4. The maximum atomic E-state index is 11.8. The highest BCUT2D eigenvalue weighted by Crippen LogP contribution is 2.11. The normalized spacial score (nSPS) is 15.9. The Morgan fingerprint density at radius 3 is 2.08 bits per heavy atom. The summed E-state index contributed by atoms with van der Waals surface area (Å²) in [6.45, 7) is 9.31. The second-order valence-corrected chi connectivity index (χ2v) is 7.25. The van der Waals surface area contributed by atoms with E-state index in [1.807, 2.05) is 25.8 Å². The minimum absolute atomic E-state index is 0.194. The number of Topliss-reactive ketones (excluding diaryl/α,β-unsaturated/α-hetero) is 1. The second kappa shape index (κ2) is 12.4. The molecule has 0 aromatic carbocycles. The molecule has 0 unspecified atom stereocenters. The van der Waals surface area contributed by atoms with Crippen LogP contribution < -0.4 is 5.32 Å². The topological polar surface area (TPSA) is 52.7 Å². The molecule has 1 saturated heterocycles. The monoisotopic (exact) mass is 339 g/mol. The van der Waals surface area contributed by atoms with Crippen LogP contribution in [0.2, 0.25) is 0 Å². The van der Waals surface area contributed by atoms with Crippen LogP contribution >= 0.6 is 0 Å². The van der Waals surface area contributed by atoms with Crippen LogP contribution in [0.4, 0.5) is 0 Å². The Hall–Kier alpha value is -0.940. The van der Waals surface area contributed by atoms with Gasteiger partial charge < -0.3 is 10.2 Å². The fraction of sp³-hybridized carbons (Fsp3) is 0.895. The maximum absolute atomic E-state index is 11.8. The van der Waals surface area contributed by atoms with E-state index in [0.29, 0.717) is 12.3 Å². The Balaban J connectivity index is 1.94. The van der Waals surface area contributed by atoms with Gasteiger partial charge in [-0.1, -0.05) is 39.5 Å². The number of piperazine rings is 1. The van der Waals surface area contributed by atoms with E-state index in [1.165, 1.54) is 32.1 Å². The van der Waals surface area contributed by atoms with Crippen molar-refractivity contribution in [2.75, 3.05) is 46.3 Å². The molecule has 0 radical (unpaired) electrons. The third-order valence-electron chi connectivity index (χ3n) is 4.84. The number of nitrogens with one attached hydrogen (secondary N) is 1. The molecule has 0 aliphatic carbocycles. The molecule has 0 aromatic rings. The number of ketones is 1. The molecular formula is C19H37N3O2. The van der Waals surface area contributed by atoms with Gasteiger partial charge in [-0.25, -0.2) is 0 Å². The average molecular weight is 340 g/mol. The number of nitrogens with zero attached hydrogens (tertiary/aromatic N) is 2. The van der Waals surface area contributed by atoms with Gasteiger partial charge in [-0.05, 0) is 26.4 Å². The summed E-state index contributed by atoms with van der Waals surface area (Å²) in [4.78, 5) is 27.8. The first kappa shape index (κ1) is 21.1. The van der Waals surface area contributed by atoms with E-state index in [9.17, 15) is 9.59 Å². The van der Waals surface area contributed by atoms with E-state index >= 15 is 0 Å². The van der Waals surface area contributed by atoms with Crippen molar-refractivity contribution in [3.05, 3.63) is 0 Å². The van der Waals surface area contributed by atoms with Crippen molar-refractivity contribution in [3.63, 3.8) is 0 Å². The second-order valence-electron chi connectivity index (χ2n) is 7.25. The first-order valence-electron chi connectivity index (χ1n) is 9.72. The smallest absolute Gasteiger partial charge is 0.236 e. The van der Waals surface area contributed by atoms with E-state index in [1.54, 1.807) is 0 Å². The van der Waals surface area contributed by atoms with Crippen LogP contribution in [-0.2, 0) is 9.59 Å². The Kier molecular flexibility index (Phi) is 10.9. The van der Waals surface area contributed by atoms with E-state index in [0.717, 1.165) is 45.6 Å². The first-order valence-corrected chi connectivity index (χ1v) is 9.72. The van der Waals surface area contributed by atoms with Crippen LogP contribution in [0.15, 0.2) is 0 Å². The number of likely N-dealkylation sites (N-methyl/N-ethyl adjacent to an activating group) is 1. The minimum Gasteiger partial charge on any atom is -0.339 e. The van der Waals surface area contributed by atoms with Gasteiger partial charge in [0.1, 0.15) is 5.78 Å². The summed E-state index contributed by atoms with van der Waals surface area (Å²) < 4.78 is 0. The van der Waals surface area contributed by atoms with Crippen LogP contribution in [0, 0.1) is 5.92 Å². The minimum atomic E-state index is 0.194. The summed E-state index contributed by atoms with van der Waals surface area (Å²) in [6, 6.07) is 0. The molecule has 5 nitrogen and oxygen atoms in total. The predicted molar refractivity (Wildman–Crippen MR) is 99.1 cm³/mol. The molecule has 0 atom stereocenters. The third-order valence-corrected chi connectivity index (χ3v) is 4.84. The molecule has 1 heterocycles. The molecule has 5 heteroatoms. The molecule has 0 aromatic heterocycles. The van der Waals surface area contributed by atoms with Crippen LogP contribution in [0.1, 0.15) is 58.8 Å². The average Bonchev–Trinajstić information content (AvgIpc) is 2.57. The molecule has 1 aliphatic heterocycles. The summed E-state index contributed by atoms with van der Waals surface area (Å²) in [5.74, 6) is 0.814.